The lowest BCUT2D eigenvalue weighted by Gasteiger charge is -2.25. The van der Waals surface area contributed by atoms with Crippen molar-refractivity contribution in [3.05, 3.63) is 48.4 Å². The van der Waals surface area contributed by atoms with Gasteiger partial charge in [-0.2, -0.15) is 10.1 Å². The van der Waals surface area contributed by atoms with Gasteiger partial charge in [0.25, 0.3) is 0 Å². The highest BCUT2D eigenvalue weighted by Crippen LogP contribution is 2.32. The first-order valence-electron chi connectivity index (χ1n) is 8.30. The fraction of sp³-hybridized carbons (Fsp3) is 0.412. The molecule has 0 aliphatic heterocycles. The fourth-order valence-electron chi connectivity index (χ4n) is 3.23. The second-order valence-electron chi connectivity index (χ2n) is 6.30. The van der Waals surface area contributed by atoms with Gasteiger partial charge in [0, 0.05) is 11.6 Å². The maximum absolute atomic E-state index is 6.20. The van der Waals surface area contributed by atoms with Crippen LogP contribution < -0.4 is 5.73 Å². The van der Waals surface area contributed by atoms with E-state index in [0.29, 0.717) is 18.3 Å². The second-order valence-corrected chi connectivity index (χ2v) is 6.30. The van der Waals surface area contributed by atoms with Gasteiger partial charge in [0.2, 0.25) is 11.7 Å². The van der Waals surface area contributed by atoms with E-state index in [9.17, 15) is 0 Å². The summed E-state index contributed by atoms with van der Waals surface area (Å²) in [6, 6.07) is 8.21. The molecule has 1 aliphatic rings. The van der Waals surface area contributed by atoms with Gasteiger partial charge < -0.3 is 10.3 Å². The number of nitrogens with zero attached hydrogens (tertiary/aromatic N) is 5. The molecule has 2 atom stereocenters. The molecule has 0 radical (unpaired) electrons. The van der Waals surface area contributed by atoms with Crippen LogP contribution in [-0.4, -0.2) is 30.9 Å². The largest absolute Gasteiger partial charge is 0.339 e. The van der Waals surface area contributed by atoms with Gasteiger partial charge in [0.05, 0.1) is 12.5 Å². The van der Waals surface area contributed by atoms with E-state index in [1.165, 1.54) is 19.2 Å². The molecule has 2 heterocycles. The molecule has 0 unspecified atom stereocenters. The molecule has 0 bridgehead atoms. The average molecular weight is 324 g/mol. The summed E-state index contributed by atoms with van der Waals surface area (Å²) < 4.78 is 7.26. The van der Waals surface area contributed by atoms with Crippen molar-refractivity contribution in [3.63, 3.8) is 0 Å². The molecule has 3 aromatic rings. The lowest BCUT2D eigenvalue weighted by molar-refractivity contribution is 0.290. The quantitative estimate of drug-likeness (QED) is 0.791. The molecule has 0 saturated heterocycles. The van der Waals surface area contributed by atoms with Crippen LogP contribution in [0.3, 0.4) is 0 Å². The summed E-state index contributed by atoms with van der Waals surface area (Å²) in [5.41, 5.74) is 8.28. The molecular weight excluding hydrogens is 304 g/mol. The van der Waals surface area contributed by atoms with E-state index >= 15 is 0 Å². The van der Waals surface area contributed by atoms with Gasteiger partial charge in [0.15, 0.2) is 0 Å². The van der Waals surface area contributed by atoms with E-state index in [4.69, 9.17) is 10.3 Å². The number of nitrogens with two attached hydrogens (primary N) is 1. The molecule has 7 heteroatoms. The molecule has 1 aromatic carbocycles. The first-order chi connectivity index (χ1) is 11.8. The Balaban J connectivity index is 1.49. The summed E-state index contributed by atoms with van der Waals surface area (Å²) in [4.78, 5) is 8.52. The van der Waals surface area contributed by atoms with Gasteiger partial charge in [-0.15, -0.1) is 0 Å². The summed E-state index contributed by atoms with van der Waals surface area (Å²) in [5.74, 6) is 1.48. The van der Waals surface area contributed by atoms with Gasteiger partial charge >= 0.3 is 0 Å². The van der Waals surface area contributed by atoms with Crippen LogP contribution in [0.5, 0.6) is 0 Å². The van der Waals surface area contributed by atoms with Gasteiger partial charge in [-0.1, -0.05) is 42.3 Å². The first-order valence-corrected chi connectivity index (χ1v) is 8.30. The molecule has 4 rings (SSSR count). The minimum atomic E-state index is 0.122. The fourth-order valence-corrected chi connectivity index (χ4v) is 3.23. The zero-order valence-corrected chi connectivity index (χ0v) is 13.4. The van der Waals surface area contributed by atoms with Crippen LogP contribution in [0.15, 0.2) is 41.4 Å². The third kappa shape index (κ3) is 3.07. The second kappa shape index (κ2) is 6.52. The van der Waals surface area contributed by atoms with E-state index in [1.54, 1.807) is 11.0 Å². The van der Waals surface area contributed by atoms with Crippen LogP contribution in [-0.2, 0) is 6.54 Å². The van der Waals surface area contributed by atoms with Crippen molar-refractivity contribution < 1.29 is 4.52 Å². The standard InChI is InChI=1S/C17H20N6O/c18-15-4-2-1-3-14(15)17-21-16(22-24-17)13-7-5-12(6-8-13)9-23-11-19-10-20-23/h5-8,10-11,14-15H,1-4,9,18H2/t14-,15+/m0/s1. The van der Waals surface area contributed by atoms with E-state index < -0.39 is 0 Å². The highest BCUT2D eigenvalue weighted by Gasteiger charge is 2.28. The Hall–Kier alpha value is -2.54. The molecular formula is C17H20N6O. The van der Waals surface area contributed by atoms with Crippen molar-refractivity contribution in [2.75, 3.05) is 0 Å². The Kier molecular flexibility index (Phi) is 4.08. The third-order valence-electron chi connectivity index (χ3n) is 4.60. The van der Waals surface area contributed by atoms with Gasteiger partial charge in [-0.25, -0.2) is 9.67 Å². The summed E-state index contributed by atoms with van der Waals surface area (Å²) >= 11 is 0. The minimum absolute atomic E-state index is 0.122. The molecule has 1 aliphatic carbocycles. The Morgan fingerprint density at radius 3 is 2.75 bits per heavy atom. The Bertz CT molecular complexity index is 780. The minimum Gasteiger partial charge on any atom is -0.339 e. The predicted molar refractivity (Wildman–Crippen MR) is 88.0 cm³/mol. The van der Waals surface area contributed by atoms with E-state index in [-0.39, 0.29) is 12.0 Å². The summed E-state index contributed by atoms with van der Waals surface area (Å²) in [6.45, 7) is 0.689. The molecule has 0 spiro atoms. The smallest absolute Gasteiger partial charge is 0.231 e. The number of aromatic nitrogens is 5. The number of benzene rings is 1. The average Bonchev–Trinajstić information content (AvgIpc) is 3.28. The number of rotatable bonds is 4. The molecule has 124 valence electrons. The van der Waals surface area contributed by atoms with Crippen LogP contribution in [0, 0.1) is 0 Å². The van der Waals surface area contributed by atoms with Gasteiger partial charge in [-0.3, -0.25) is 0 Å². The molecule has 7 nitrogen and oxygen atoms in total. The topological polar surface area (TPSA) is 95.7 Å². The Labute approximate surface area is 139 Å². The molecule has 24 heavy (non-hydrogen) atoms. The highest BCUT2D eigenvalue weighted by molar-refractivity contribution is 5.54. The molecule has 0 amide bonds. The van der Waals surface area contributed by atoms with E-state index in [1.807, 2.05) is 24.3 Å². The maximum atomic E-state index is 6.20. The summed E-state index contributed by atoms with van der Waals surface area (Å²) in [5, 5.41) is 8.24. The van der Waals surface area contributed by atoms with E-state index in [2.05, 4.69) is 20.2 Å². The van der Waals surface area contributed by atoms with Gasteiger partial charge in [-0.05, 0) is 18.4 Å². The first kappa shape index (κ1) is 15.0. The molecule has 2 N–H and O–H groups in total. The van der Waals surface area contributed by atoms with Crippen molar-refractivity contribution in [3.8, 4) is 11.4 Å². The maximum Gasteiger partial charge on any atom is 0.231 e. The zero-order chi connectivity index (χ0) is 16.4. The van der Waals surface area contributed by atoms with Crippen LogP contribution in [0.2, 0.25) is 0 Å². The predicted octanol–water partition coefficient (Wildman–Crippen LogP) is 2.36. The molecule has 1 fully saturated rings. The van der Waals surface area contributed by atoms with Gasteiger partial charge in [0.1, 0.15) is 12.7 Å². The third-order valence-corrected chi connectivity index (χ3v) is 4.60. The van der Waals surface area contributed by atoms with Crippen LogP contribution >= 0.6 is 0 Å². The van der Waals surface area contributed by atoms with Crippen molar-refractivity contribution in [1.82, 2.24) is 24.9 Å². The Morgan fingerprint density at radius 1 is 1.17 bits per heavy atom. The zero-order valence-electron chi connectivity index (χ0n) is 13.4. The Morgan fingerprint density at radius 2 is 2.00 bits per heavy atom. The lowest BCUT2D eigenvalue weighted by atomic mass is 9.85. The van der Waals surface area contributed by atoms with E-state index in [0.717, 1.165) is 24.0 Å². The molecule has 2 aromatic heterocycles. The number of hydrogen-bond acceptors (Lipinski definition) is 6. The normalized spacial score (nSPS) is 21.0. The molecule has 1 saturated carbocycles. The van der Waals surface area contributed by atoms with Crippen LogP contribution in [0.1, 0.15) is 43.1 Å². The monoisotopic (exact) mass is 324 g/mol. The highest BCUT2D eigenvalue weighted by atomic mass is 16.5. The SMILES string of the molecule is N[C@@H]1CCCC[C@@H]1c1nc(-c2ccc(Cn3cncn3)cc2)no1. The van der Waals surface area contributed by atoms with Crippen molar-refractivity contribution >= 4 is 0 Å². The summed E-state index contributed by atoms with van der Waals surface area (Å²) in [6.07, 6.45) is 7.65. The van der Waals surface area contributed by atoms with Crippen molar-refractivity contribution in [2.24, 2.45) is 5.73 Å². The van der Waals surface area contributed by atoms with Crippen LogP contribution in [0.4, 0.5) is 0 Å². The van der Waals surface area contributed by atoms with Crippen LogP contribution in [0.25, 0.3) is 11.4 Å². The van der Waals surface area contributed by atoms with Crippen molar-refractivity contribution in [1.29, 1.82) is 0 Å². The number of hydrogen-bond donors (Lipinski definition) is 1. The summed E-state index contributed by atoms with van der Waals surface area (Å²) in [7, 11) is 0. The van der Waals surface area contributed by atoms with Crippen molar-refractivity contribution in [2.45, 2.75) is 44.2 Å². The lowest BCUT2D eigenvalue weighted by Crippen LogP contribution is -2.31.